The molecule has 0 aliphatic carbocycles. The molecular formula is C24H31N3O. The van der Waals surface area contributed by atoms with Crippen molar-refractivity contribution in [1.29, 1.82) is 0 Å². The van der Waals surface area contributed by atoms with Crippen molar-refractivity contribution in [3.8, 4) is 0 Å². The molecule has 0 bridgehead atoms. The predicted molar refractivity (Wildman–Crippen MR) is 115 cm³/mol. The van der Waals surface area contributed by atoms with E-state index in [4.69, 9.17) is 0 Å². The molecule has 2 aliphatic rings. The lowest BCUT2D eigenvalue weighted by Crippen LogP contribution is -2.58. The Hall–Kier alpha value is -2.33. The number of carbonyl (C=O) groups is 1. The maximum atomic E-state index is 12.4. The van der Waals surface area contributed by atoms with Gasteiger partial charge in [-0.15, -0.1) is 0 Å². The molecule has 1 fully saturated rings. The van der Waals surface area contributed by atoms with Crippen LogP contribution in [-0.4, -0.2) is 55.5 Å². The van der Waals surface area contributed by atoms with E-state index in [0.29, 0.717) is 0 Å². The topological polar surface area (TPSA) is 26.8 Å². The number of carbonyl (C=O) groups excluding carboxylic acids is 1. The first kappa shape index (κ1) is 19.0. The Morgan fingerprint density at radius 3 is 2.39 bits per heavy atom. The summed E-state index contributed by atoms with van der Waals surface area (Å²) in [7, 11) is 2.16. The highest BCUT2D eigenvalue weighted by atomic mass is 16.2. The molecule has 4 rings (SSSR count). The lowest BCUT2D eigenvalue weighted by molar-refractivity contribution is -0.139. The zero-order chi connectivity index (χ0) is 19.6. The summed E-state index contributed by atoms with van der Waals surface area (Å²) in [5.41, 5.74) is 3.97. The maximum absolute atomic E-state index is 12.4. The van der Waals surface area contributed by atoms with Crippen LogP contribution in [0, 0.1) is 0 Å². The molecule has 0 atom stereocenters. The van der Waals surface area contributed by atoms with Crippen molar-refractivity contribution < 1.29 is 4.79 Å². The summed E-state index contributed by atoms with van der Waals surface area (Å²) in [4.78, 5) is 19.5. The first-order chi connectivity index (χ1) is 13.6. The van der Waals surface area contributed by atoms with E-state index in [1.165, 1.54) is 16.8 Å². The van der Waals surface area contributed by atoms with Crippen LogP contribution >= 0.6 is 0 Å². The van der Waals surface area contributed by atoms with Gasteiger partial charge < -0.3 is 14.7 Å². The minimum Gasteiger partial charge on any atom is -0.373 e. The van der Waals surface area contributed by atoms with Gasteiger partial charge in [0, 0.05) is 52.4 Å². The zero-order valence-corrected chi connectivity index (χ0v) is 17.1. The van der Waals surface area contributed by atoms with Crippen molar-refractivity contribution >= 4 is 11.6 Å². The third-order valence-corrected chi connectivity index (χ3v) is 6.65. The number of piperidine rings is 1. The van der Waals surface area contributed by atoms with Gasteiger partial charge in [-0.25, -0.2) is 0 Å². The number of amides is 1. The summed E-state index contributed by atoms with van der Waals surface area (Å²) in [6.07, 6.45) is 3.03. The summed E-state index contributed by atoms with van der Waals surface area (Å²) in [5.74, 6) is 0.215. The van der Waals surface area contributed by atoms with Gasteiger partial charge in [0.1, 0.15) is 0 Å². The number of likely N-dealkylation sites (N-methyl/N-ethyl adjacent to an activating group) is 1. The molecule has 4 heteroatoms. The molecular weight excluding hydrogens is 346 g/mol. The summed E-state index contributed by atoms with van der Waals surface area (Å²) < 4.78 is 0. The SMILES string of the molecule is CC(=O)N1CCc2ccccc2C12CCN(CCN(C)c1ccccc1)CC2. The molecule has 0 radical (unpaired) electrons. The minimum atomic E-state index is -0.109. The molecule has 2 aromatic carbocycles. The maximum Gasteiger partial charge on any atom is 0.220 e. The number of rotatable bonds is 4. The number of fused-ring (bicyclic) bond motifs is 2. The average Bonchev–Trinajstić information content (AvgIpc) is 2.74. The van der Waals surface area contributed by atoms with Crippen LogP contribution in [-0.2, 0) is 16.8 Å². The molecule has 4 nitrogen and oxygen atoms in total. The van der Waals surface area contributed by atoms with Gasteiger partial charge in [0.05, 0.1) is 5.54 Å². The van der Waals surface area contributed by atoms with E-state index in [-0.39, 0.29) is 11.4 Å². The number of para-hydroxylation sites is 1. The number of nitrogens with zero attached hydrogens (tertiary/aromatic N) is 3. The molecule has 2 aliphatic heterocycles. The number of likely N-dealkylation sites (tertiary alicyclic amines) is 1. The number of benzene rings is 2. The Bertz CT molecular complexity index is 812. The fourth-order valence-electron chi connectivity index (χ4n) is 5.03. The normalized spacial score (nSPS) is 18.7. The summed E-state index contributed by atoms with van der Waals surface area (Å²) in [5, 5.41) is 0. The van der Waals surface area contributed by atoms with E-state index in [0.717, 1.165) is 52.0 Å². The molecule has 0 saturated carbocycles. The zero-order valence-electron chi connectivity index (χ0n) is 17.1. The summed E-state index contributed by atoms with van der Waals surface area (Å²) in [6, 6.07) is 19.3. The van der Waals surface area contributed by atoms with Crippen LogP contribution in [0.5, 0.6) is 0 Å². The van der Waals surface area contributed by atoms with Gasteiger partial charge in [0.2, 0.25) is 5.91 Å². The van der Waals surface area contributed by atoms with Gasteiger partial charge in [0.25, 0.3) is 0 Å². The predicted octanol–water partition coefficient (Wildman–Crippen LogP) is 3.52. The molecule has 1 amide bonds. The van der Waals surface area contributed by atoms with Crippen molar-refractivity contribution in [2.45, 2.75) is 31.7 Å². The fourth-order valence-corrected chi connectivity index (χ4v) is 5.03. The van der Waals surface area contributed by atoms with Crippen molar-refractivity contribution in [3.05, 3.63) is 65.7 Å². The van der Waals surface area contributed by atoms with Crippen molar-refractivity contribution in [1.82, 2.24) is 9.80 Å². The fraction of sp³-hybridized carbons (Fsp3) is 0.458. The van der Waals surface area contributed by atoms with Gasteiger partial charge in [-0.05, 0) is 42.5 Å². The van der Waals surface area contributed by atoms with Crippen LogP contribution in [0.1, 0.15) is 30.9 Å². The second-order valence-electron chi connectivity index (χ2n) is 8.21. The molecule has 28 heavy (non-hydrogen) atoms. The summed E-state index contributed by atoms with van der Waals surface area (Å²) >= 11 is 0. The lowest BCUT2D eigenvalue weighted by Gasteiger charge is -2.52. The molecule has 0 N–H and O–H groups in total. The van der Waals surface area contributed by atoms with Gasteiger partial charge in [0.15, 0.2) is 0 Å². The third-order valence-electron chi connectivity index (χ3n) is 6.65. The smallest absolute Gasteiger partial charge is 0.220 e. The molecule has 1 saturated heterocycles. The average molecular weight is 378 g/mol. The second-order valence-corrected chi connectivity index (χ2v) is 8.21. The Balaban J connectivity index is 1.44. The standard InChI is InChI=1S/C24H31N3O/c1-20(28)27-15-12-21-8-6-7-11-23(21)24(27)13-16-26(17-14-24)19-18-25(2)22-9-4-3-5-10-22/h3-11H,12-19H2,1-2H3. The van der Waals surface area contributed by atoms with E-state index in [1.807, 2.05) is 0 Å². The number of hydrogen-bond acceptors (Lipinski definition) is 3. The van der Waals surface area contributed by atoms with Gasteiger partial charge in [-0.1, -0.05) is 42.5 Å². The molecule has 148 valence electrons. The Labute approximate surface area is 168 Å². The van der Waals surface area contributed by atoms with E-state index in [9.17, 15) is 4.79 Å². The first-order valence-electron chi connectivity index (χ1n) is 10.5. The molecule has 1 spiro atoms. The largest absolute Gasteiger partial charge is 0.373 e. The lowest BCUT2D eigenvalue weighted by atomic mass is 9.74. The van der Waals surface area contributed by atoms with Crippen molar-refractivity contribution in [2.24, 2.45) is 0 Å². The van der Waals surface area contributed by atoms with Crippen molar-refractivity contribution in [2.75, 3.05) is 44.7 Å². The van der Waals surface area contributed by atoms with Crippen LogP contribution in [0.4, 0.5) is 5.69 Å². The highest BCUT2D eigenvalue weighted by Crippen LogP contribution is 2.43. The number of anilines is 1. The second kappa shape index (κ2) is 7.96. The molecule has 0 aromatic heterocycles. The molecule has 2 aromatic rings. The van der Waals surface area contributed by atoms with Crippen LogP contribution in [0.25, 0.3) is 0 Å². The Kier molecular flexibility index (Phi) is 5.40. The highest BCUT2D eigenvalue weighted by molar-refractivity contribution is 5.75. The van der Waals surface area contributed by atoms with Crippen LogP contribution in [0.3, 0.4) is 0 Å². The van der Waals surface area contributed by atoms with E-state index in [1.54, 1.807) is 6.92 Å². The van der Waals surface area contributed by atoms with Crippen LogP contribution in [0.2, 0.25) is 0 Å². The van der Waals surface area contributed by atoms with E-state index < -0.39 is 0 Å². The van der Waals surface area contributed by atoms with Crippen LogP contribution < -0.4 is 4.90 Å². The highest BCUT2D eigenvalue weighted by Gasteiger charge is 2.45. The first-order valence-corrected chi connectivity index (χ1v) is 10.5. The van der Waals surface area contributed by atoms with E-state index >= 15 is 0 Å². The number of hydrogen-bond donors (Lipinski definition) is 0. The van der Waals surface area contributed by atoms with Crippen LogP contribution in [0.15, 0.2) is 54.6 Å². The minimum absolute atomic E-state index is 0.109. The Morgan fingerprint density at radius 1 is 1.00 bits per heavy atom. The van der Waals surface area contributed by atoms with Gasteiger partial charge in [-0.3, -0.25) is 4.79 Å². The van der Waals surface area contributed by atoms with Gasteiger partial charge >= 0.3 is 0 Å². The molecule has 0 unspecified atom stereocenters. The van der Waals surface area contributed by atoms with Gasteiger partial charge in [-0.2, -0.15) is 0 Å². The van der Waals surface area contributed by atoms with E-state index in [2.05, 4.69) is 76.3 Å². The Morgan fingerprint density at radius 2 is 1.68 bits per heavy atom. The third kappa shape index (κ3) is 3.53. The quantitative estimate of drug-likeness (QED) is 0.816. The summed E-state index contributed by atoms with van der Waals surface area (Å²) in [6.45, 7) is 6.74. The monoisotopic (exact) mass is 377 g/mol. The van der Waals surface area contributed by atoms with Crippen molar-refractivity contribution in [3.63, 3.8) is 0 Å². The molecule has 2 heterocycles.